The van der Waals surface area contributed by atoms with Crippen molar-refractivity contribution in [2.24, 2.45) is 11.3 Å². The number of nitrogens with one attached hydrogen (secondary N) is 1. The first-order chi connectivity index (χ1) is 6.20. The van der Waals surface area contributed by atoms with Crippen molar-refractivity contribution in [3.05, 3.63) is 0 Å². The molecule has 2 aliphatic rings. The van der Waals surface area contributed by atoms with Gasteiger partial charge in [-0.25, -0.2) is 0 Å². The van der Waals surface area contributed by atoms with Gasteiger partial charge in [-0.3, -0.25) is 0 Å². The summed E-state index contributed by atoms with van der Waals surface area (Å²) >= 11 is 0. The van der Waals surface area contributed by atoms with Crippen LogP contribution in [0.1, 0.15) is 52.4 Å². The maximum absolute atomic E-state index is 3.69. The monoisotopic (exact) mass is 181 g/mol. The van der Waals surface area contributed by atoms with Crippen LogP contribution in [0.5, 0.6) is 0 Å². The van der Waals surface area contributed by atoms with Gasteiger partial charge >= 0.3 is 0 Å². The summed E-state index contributed by atoms with van der Waals surface area (Å²) in [5.74, 6) is 0.803. The molecule has 0 bridgehead atoms. The second-order valence-corrected chi connectivity index (χ2v) is 5.58. The predicted molar refractivity (Wildman–Crippen MR) is 56.8 cm³/mol. The maximum atomic E-state index is 3.69. The first-order valence-corrected chi connectivity index (χ1v) is 5.94. The quantitative estimate of drug-likeness (QED) is 0.706. The Labute approximate surface area is 82.3 Å². The van der Waals surface area contributed by atoms with Gasteiger partial charge < -0.3 is 5.32 Å². The number of hydrogen-bond acceptors (Lipinski definition) is 1. The van der Waals surface area contributed by atoms with E-state index in [-0.39, 0.29) is 0 Å². The van der Waals surface area contributed by atoms with Crippen molar-refractivity contribution in [3.8, 4) is 0 Å². The molecule has 0 radical (unpaired) electrons. The standard InChI is InChI=1S/C12H23N/c1-10(2)9-13-11-3-5-12(6-4-11)7-8-12/h10-11,13H,3-9H2,1-2H3. The van der Waals surface area contributed by atoms with Gasteiger partial charge in [-0.2, -0.15) is 0 Å². The molecule has 0 aliphatic heterocycles. The normalized spacial score (nSPS) is 27.0. The molecule has 0 unspecified atom stereocenters. The number of rotatable bonds is 3. The highest BCUT2D eigenvalue weighted by Gasteiger charge is 2.44. The van der Waals surface area contributed by atoms with Gasteiger partial charge in [-0.1, -0.05) is 13.8 Å². The molecule has 1 nitrogen and oxygen atoms in total. The molecule has 1 spiro atoms. The molecule has 0 amide bonds. The van der Waals surface area contributed by atoms with Crippen LogP contribution in [0.2, 0.25) is 0 Å². The Morgan fingerprint density at radius 1 is 1.15 bits per heavy atom. The van der Waals surface area contributed by atoms with E-state index in [4.69, 9.17) is 0 Å². The lowest BCUT2D eigenvalue weighted by molar-refractivity contribution is 0.269. The van der Waals surface area contributed by atoms with Gasteiger partial charge in [0.2, 0.25) is 0 Å². The van der Waals surface area contributed by atoms with Crippen LogP contribution >= 0.6 is 0 Å². The van der Waals surface area contributed by atoms with Crippen molar-refractivity contribution < 1.29 is 0 Å². The first kappa shape index (κ1) is 9.51. The third-order valence-corrected chi connectivity index (χ3v) is 3.82. The van der Waals surface area contributed by atoms with Crippen molar-refractivity contribution in [3.63, 3.8) is 0 Å². The van der Waals surface area contributed by atoms with E-state index in [0.717, 1.165) is 17.4 Å². The largest absolute Gasteiger partial charge is 0.314 e. The maximum Gasteiger partial charge on any atom is 0.00675 e. The molecule has 0 heterocycles. The zero-order valence-electron chi connectivity index (χ0n) is 9.10. The van der Waals surface area contributed by atoms with E-state index < -0.39 is 0 Å². The molecule has 2 fully saturated rings. The van der Waals surface area contributed by atoms with Crippen LogP contribution in [0.15, 0.2) is 0 Å². The van der Waals surface area contributed by atoms with Crippen molar-refractivity contribution in [1.29, 1.82) is 0 Å². The first-order valence-electron chi connectivity index (χ1n) is 5.94. The molecule has 2 saturated carbocycles. The zero-order chi connectivity index (χ0) is 9.31. The third-order valence-electron chi connectivity index (χ3n) is 3.82. The highest BCUT2D eigenvalue weighted by atomic mass is 14.9. The molecule has 2 aliphatic carbocycles. The Kier molecular flexibility index (Phi) is 2.64. The molecule has 13 heavy (non-hydrogen) atoms. The molecule has 0 aromatic rings. The summed E-state index contributed by atoms with van der Waals surface area (Å²) in [6.07, 6.45) is 8.94. The van der Waals surface area contributed by atoms with E-state index in [1.54, 1.807) is 0 Å². The van der Waals surface area contributed by atoms with Crippen molar-refractivity contribution in [1.82, 2.24) is 5.32 Å². The summed E-state index contributed by atoms with van der Waals surface area (Å²) in [4.78, 5) is 0. The number of hydrogen-bond donors (Lipinski definition) is 1. The minimum absolute atomic E-state index is 0.803. The molecular weight excluding hydrogens is 158 g/mol. The fourth-order valence-electron chi connectivity index (χ4n) is 2.51. The van der Waals surface area contributed by atoms with Gasteiger partial charge in [0, 0.05) is 6.04 Å². The van der Waals surface area contributed by atoms with E-state index in [0.29, 0.717) is 0 Å². The summed E-state index contributed by atoms with van der Waals surface area (Å²) < 4.78 is 0. The Bertz CT molecular complexity index is 157. The average Bonchev–Trinajstić information content (AvgIpc) is 2.85. The van der Waals surface area contributed by atoms with E-state index in [2.05, 4.69) is 19.2 Å². The SMILES string of the molecule is CC(C)CNC1CCC2(CC1)CC2. The van der Waals surface area contributed by atoms with Crippen LogP contribution in [0.3, 0.4) is 0 Å². The molecular formula is C12H23N. The molecule has 1 heteroatoms. The zero-order valence-corrected chi connectivity index (χ0v) is 9.10. The van der Waals surface area contributed by atoms with Gasteiger partial charge in [0.25, 0.3) is 0 Å². The van der Waals surface area contributed by atoms with E-state index in [1.807, 2.05) is 0 Å². The second-order valence-electron chi connectivity index (χ2n) is 5.58. The predicted octanol–water partition coefficient (Wildman–Crippen LogP) is 2.95. The van der Waals surface area contributed by atoms with Crippen LogP contribution in [-0.4, -0.2) is 12.6 Å². The fourth-order valence-corrected chi connectivity index (χ4v) is 2.51. The highest BCUT2D eigenvalue weighted by Crippen LogP contribution is 2.56. The Balaban J connectivity index is 1.66. The van der Waals surface area contributed by atoms with E-state index in [1.165, 1.54) is 45.1 Å². The van der Waals surface area contributed by atoms with Gasteiger partial charge in [0.15, 0.2) is 0 Å². The summed E-state index contributed by atoms with van der Waals surface area (Å²) in [7, 11) is 0. The summed E-state index contributed by atoms with van der Waals surface area (Å²) in [5, 5.41) is 3.69. The minimum Gasteiger partial charge on any atom is -0.314 e. The molecule has 1 N–H and O–H groups in total. The van der Waals surface area contributed by atoms with Crippen molar-refractivity contribution in [2.45, 2.75) is 58.4 Å². The van der Waals surface area contributed by atoms with Crippen molar-refractivity contribution in [2.75, 3.05) is 6.54 Å². The lowest BCUT2D eigenvalue weighted by Gasteiger charge is -2.29. The molecule has 0 atom stereocenters. The molecule has 0 aromatic carbocycles. The van der Waals surface area contributed by atoms with Crippen LogP contribution in [0.25, 0.3) is 0 Å². The highest BCUT2D eigenvalue weighted by molar-refractivity contribution is 4.97. The Morgan fingerprint density at radius 3 is 2.23 bits per heavy atom. The smallest absolute Gasteiger partial charge is 0.00675 e. The second kappa shape index (κ2) is 3.61. The topological polar surface area (TPSA) is 12.0 Å². The van der Waals surface area contributed by atoms with Crippen LogP contribution < -0.4 is 5.32 Å². The average molecular weight is 181 g/mol. The summed E-state index contributed by atoms with van der Waals surface area (Å²) in [6.45, 7) is 5.79. The summed E-state index contributed by atoms with van der Waals surface area (Å²) in [5.41, 5.74) is 0.857. The van der Waals surface area contributed by atoms with Crippen LogP contribution in [0.4, 0.5) is 0 Å². The van der Waals surface area contributed by atoms with E-state index in [9.17, 15) is 0 Å². The third kappa shape index (κ3) is 2.46. The Hall–Kier alpha value is -0.0400. The van der Waals surface area contributed by atoms with Gasteiger partial charge in [-0.05, 0) is 56.4 Å². The molecule has 0 aromatic heterocycles. The lowest BCUT2D eigenvalue weighted by Crippen LogP contribution is -2.35. The molecule has 2 rings (SSSR count). The fraction of sp³-hybridized carbons (Fsp3) is 1.00. The van der Waals surface area contributed by atoms with E-state index >= 15 is 0 Å². The molecule has 0 saturated heterocycles. The van der Waals surface area contributed by atoms with Crippen LogP contribution in [-0.2, 0) is 0 Å². The lowest BCUT2D eigenvalue weighted by atomic mass is 9.83. The minimum atomic E-state index is 0.803. The van der Waals surface area contributed by atoms with Gasteiger partial charge in [-0.15, -0.1) is 0 Å². The van der Waals surface area contributed by atoms with Gasteiger partial charge in [0.05, 0.1) is 0 Å². The molecule has 76 valence electrons. The van der Waals surface area contributed by atoms with Crippen molar-refractivity contribution >= 4 is 0 Å². The Morgan fingerprint density at radius 2 is 1.77 bits per heavy atom. The van der Waals surface area contributed by atoms with Gasteiger partial charge in [0.1, 0.15) is 0 Å². The van der Waals surface area contributed by atoms with Crippen LogP contribution in [0, 0.1) is 11.3 Å². The summed E-state index contributed by atoms with van der Waals surface area (Å²) in [6, 6.07) is 0.841.